The molecule has 0 spiro atoms. The quantitative estimate of drug-likeness (QED) is 0.829. The van der Waals surface area contributed by atoms with Gasteiger partial charge in [-0.3, -0.25) is 14.8 Å². The fourth-order valence-corrected chi connectivity index (χ4v) is 3.81. The largest absolute Gasteiger partial charge is 0.396 e. The van der Waals surface area contributed by atoms with Gasteiger partial charge in [0.15, 0.2) is 0 Å². The van der Waals surface area contributed by atoms with Crippen LogP contribution in [0.25, 0.3) is 11.3 Å². The van der Waals surface area contributed by atoms with Crippen LogP contribution in [0.15, 0.2) is 48.7 Å². The highest BCUT2D eigenvalue weighted by Gasteiger charge is 2.26. The van der Waals surface area contributed by atoms with Gasteiger partial charge in [0.05, 0.1) is 5.69 Å². The Balaban J connectivity index is 1.60. The third-order valence-electron chi connectivity index (χ3n) is 5.07. The van der Waals surface area contributed by atoms with Gasteiger partial charge in [-0.2, -0.15) is 0 Å². The van der Waals surface area contributed by atoms with E-state index in [0.717, 1.165) is 50.4 Å². The number of rotatable bonds is 7. The number of aliphatic hydroxyl groups excluding tert-OH is 1. The van der Waals surface area contributed by atoms with Crippen molar-refractivity contribution in [1.29, 1.82) is 0 Å². The summed E-state index contributed by atoms with van der Waals surface area (Å²) in [5.74, 6) is 0.668. The Labute approximate surface area is 157 Å². The molecule has 140 valence electrons. The first-order valence-corrected chi connectivity index (χ1v) is 9.73. The zero-order valence-electron chi connectivity index (χ0n) is 16.0. The molecule has 1 saturated heterocycles. The van der Waals surface area contributed by atoms with Crippen LogP contribution >= 0.6 is 0 Å². The van der Waals surface area contributed by atoms with E-state index in [4.69, 9.17) is 0 Å². The van der Waals surface area contributed by atoms with Crippen molar-refractivity contribution in [3.63, 3.8) is 0 Å². The molecule has 4 nitrogen and oxygen atoms in total. The van der Waals surface area contributed by atoms with Crippen LogP contribution in [0.2, 0.25) is 0 Å². The van der Waals surface area contributed by atoms with Gasteiger partial charge in [0.25, 0.3) is 0 Å². The van der Waals surface area contributed by atoms with Crippen LogP contribution in [0.1, 0.15) is 25.8 Å². The lowest BCUT2D eigenvalue weighted by atomic mass is 10.0. The maximum atomic E-state index is 9.43. The van der Waals surface area contributed by atoms with Gasteiger partial charge in [-0.15, -0.1) is 0 Å². The van der Waals surface area contributed by atoms with Gasteiger partial charge in [0, 0.05) is 57.1 Å². The highest BCUT2D eigenvalue weighted by Crippen LogP contribution is 2.20. The normalized spacial score (nSPS) is 19.2. The molecule has 0 bridgehead atoms. The number of aromatic nitrogens is 1. The Hall–Kier alpha value is -1.75. The average Bonchev–Trinajstić information content (AvgIpc) is 2.65. The summed E-state index contributed by atoms with van der Waals surface area (Å²) in [6.07, 6.45) is 2.70. The number of piperazine rings is 1. The predicted molar refractivity (Wildman–Crippen MR) is 107 cm³/mol. The van der Waals surface area contributed by atoms with Crippen molar-refractivity contribution in [2.24, 2.45) is 5.92 Å². The summed E-state index contributed by atoms with van der Waals surface area (Å²) >= 11 is 0. The lowest BCUT2D eigenvalue weighted by molar-refractivity contribution is 0.0477. The Morgan fingerprint density at radius 3 is 2.58 bits per heavy atom. The topological polar surface area (TPSA) is 39.6 Å². The van der Waals surface area contributed by atoms with Gasteiger partial charge >= 0.3 is 0 Å². The minimum absolute atomic E-state index is 0.270. The number of pyridine rings is 1. The van der Waals surface area contributed by atoms with Crippen LogP contribution in [0, 0.1) is 5.92 Å². The van der Waals surface area contributed by atoms with E-state index in [2.05, 4.69) is 52.9 Å². The Morgan fingerprint density at radius 2 is 1.92 bits per heavy atom. The molecule has 3 rings (SSSR count). The molecule has 0 aliphatic carbocycles. The summed E-state index contributed by atoms with van der Waals surface area (Å²) in [5.41, 5.74) is 3.52. The summed E-state index contributed by atoms with van der Waals surface area (Å²) in [7, 11) is 0. The molecule has 1 N–H and O–H groups in total. The Kier molecular flexibility index (Phi) is 6.78. The minimum Gasteiger partial charge on any atom is -0.396 e. The molecule has 0 radical (unpaired) electrons. The molecule has 1 atom stereocenters. The van der Waals surface area contributed by atoms with Crippen LogP contribution < -0.4 is 0 Å². The summed E-state index contributed by atoms with van der Waals surface area (Å²) < 4.78 is 0. The molecule has 0 amide bonds. The molecule has 2 heterocycles. The van der Waals surface area contributed by atoms with Gasteiger partial charge in [0.2, 0.25) is 0 Å². The standard InChI is InChI=1S/C22H31N3O/c1-18(2)15-25-13-12-24(17-21(25)10-14-26)16-19-6-8-20(9-7-19)22-5-3-4-11-23-22/h3-9,11,18,21,26H,10,12-17H2,1-2H3. The highest BCUT2D eigenvalue weighted by atomic mass is 16.3. The Bertz CT molecular complexity index is 657. The molecule has 1 aromatic carbocycles. The first-order chi connectivity index (χ1) is 12.7. The van der Waals surface area contributed by atoms with Crippen molar-refractivity contribution < 1.29 is 5.11 Å². The summed E-state index contributed by atoms with van der Waals surface area (Å²) in [6.45, 7) is 10.1. The van der Waals surface area contributed by atoms with Crippen molar-refractivity contribution in [1.82, 2.24) is 14.8 Å². The number of aliphatic hydroxyl groups is 1. The second kappa shape index (κ2) is 9.26. The van der Waals surface area contributed by atoms with Crippen LogP contribution in [-0.4, -0.2) is 58.7 Å². The molecule has 1 fully saturated rings. The van der Waals surface area contributed by atoms with Crippen molar-refractivity contribution in [3.05, 3.63) is 54.2 Å². The molecule has 1 aliphatic heterocycles. The molecule has 1 aromatic heterocycles. The fraction of sp³-hybridized carbons (Fsp3) is 0.500. The number of benzene rings is 1. The fourth-order valence-electron chi connectivity index (χ4n) is 3.81. The molecule has 4 heteroatoms. The lowest BCUT2D eigenvalue weighted by Crippen LogP contribution is -2.53. The maximum absolute atomic E-state index is 9.43. The van der Waals surface area contributed by atoms with E-state index < -0.39 is 0 Å². The molecular weight excluding hydrogens is 322 g/mol. The van der Waals surface area contributed by atoms with Crippen molar-refractivity contribution in [2.45, 2.75) is 32.9 Å². The summed E-state index contributed by atoms with van der Waals surface area (Å²) in [6, 6.07) is 15.2. The number of hydrogen-bond donors (Lipinski definition) is 1. The summed E-state index contributed by atoms with van der Waals surface area (Å²) in [4.78, 5) is 9.49. The first-order valence-electron chi connectivity index (χ1n) is 9.73. The summed E-state index contributed by atoms with van der Waals surface area (Å²) in [5, 5.41) is 9.43. The molecule has 1 aliphatic rings. The molecule has 2 aromatic rings. The van der Waals surface area contributed by atoms with E-state index in [0.29, 0.717) is 12.0 Å². The third kappa shape index (κ3) is 5.13. The van der Waals surface area contributed by atoms with Crippen LogP contribution in [-0.2, 0) is 6.54 Å². The van der Waals surface area contributed by atoms with Gasteiger partial charge in [-0.1, -0.05) is 44.2 Å². The van der Waals surface area contributed by atoms with Crippen LogP contribution in [0.3, 0.4) is 0 Å². The predicted octanol–water partition coefficient (Wildman–Crippen LogP) is 3.27. The van der Waals surface area contributed by atoms with E-state index in [1.165, 1.54) is 5.56 Å². The zero-order chi connectivity index (χ0) is 18.4. The molecule has 0 saturated carbocycles. The first kappa shape index (κ1) is 19.0. The Morgan fingerprint density at radius 1 is 1.12 bits per heavy atom. The highest BCUT2D eigenvalue weighted by molar-refractivity contribution is 5.58. The van der Waals surface area contributed by atoms with E-state index in [1.54, 1.807) is 0 Å². The molecular formula is C22H31N3O. The molecule has 1 unspecified atom stereocenters. The molecule has 26 heavy (non-hydrogen) atoms. The average molecular weight is 354 g/mol. The van der Waals surface area contributed by atoms with Crippen molar-refractivity contribution >= 4 is 0 Å². The number of nitrogens with zero attached hydrogens (tertiary/aromatic N) is 3. The van der Waals surface area contributed by atoms with Crippen LogP contribution in [0.4, 0.5) is 0 Å². The van der Waals surface area contributed by atoms with E-state index in [-0.39, 0.29) is 6.61 Å². The van der Waals surface area contributed by atoms with Gasteiger partial charge in [-0.25, -0.2) is 0 Å². The third-order valence-corrected chi connectivity index (χ3v) is 5.07. The lowest BCUT2D eigenvalue weighted by Gasteiger charge is -2.42. The SMILES string of the molecule is CC(C)CN1CCN(Cc2ccc(-c3ccccn3)cc2)CC1CCO. The van der Waals surface area contributed by atoms with Gasteiger partial charge in [-0.05, 0) is 30.0 Å². The second-order valence-corrected chi connectivity index (χ2v) is 7.70. The zero-order valence-corrected chi connectivity index (χ0v) is 16.0. The van der Waals surface area contributed by atoms with Gasteiger partial charge in [0.1, 0.15) is 0 Å². The second-order valence-electron chi connectivity index (χ2n) is 7.70. The van der Waals surface area contributed by atoms with E-state index in [1.807, 2.05) is 24.4 Å². The number of hydrogen-bond acceptors (Lipinski definition) is 4. The maximum Gasteiger partial charge on any atom is 0.0701 e. The van der Waals surface area contributed by atoms with Crippen molar-refractivity contribution in [3.8, 4) is 11.3 Å². The van der Waals surface area contributed by atoms with E-state index >= 15 is 0 Å². The van der Waals surface area contributed by atoms with Gasteiger partial charge < -0.3 is 5.11 Å². The van der Waals surface area contributed by atoms with Crippen LogP contribution in [0.5, 0.6) is 0 Å². The van der Waals surface area contributed by atoms with Crippen molar-refractivity contribution in [2.75, 3.05) is 32.8 Å². The smallest absolute Gasteiger partial charge is 0.0701 e. The van der Waals surface area contributed by atoms with E-state index in [9.17, 15) is 5.11 Å². The minimum atomic E-state index is 0.270. The monoisotopic (exact) mass is 353 g/mol.